The average Bonchev–Trinajstić information content (AvgIpc) is 2.35. The summed E-state index contributed by atoms with van der Waals surface area (Å²) < 4.78 is 25.8. The third-order valence-electron chi connectivity index (χ3n) is 2.13. The number of nitriles is 1. The molecule has 0 aliphatic carbocycles. The van der Waals surface area contributed by atoms with E-state index in [1.807, 2.05) is 0 Å². The molecule has 0 radical (unpaired) electrons. The highest BCUT2D eigenvalue weighted by atomic mass is 32.2. The normalized spacial score (nSPS) is 12.9. The van der Waals surface area contributed by atoms with Gasteiger partial charge in [-0.1, -0.05) is 0 Å². The highest BCUT2D eigenvalue weighted by Gasteiger charge is 2.19. The van der Waals surface area contributed by atoms with Crippen LogP contribution in [0.25, 0.3) is 0 Å². The van der Waals surface area contributed by atoms with Crippen LogP contribution in [0.15, 0.2) is 23.1 Å². The van der Waals surface area contributed by atoms with Crippen LogP contribution < -0.4 is 10.5 Å². The number of nitrogens with one attached hydrogen (secondary N) is 1. The second kappa shape index (κ2) is 5.79. The molecule has 0 spiro atoms. The first-order chi connectivity index (χ1) is 8.40. The monoisotopic (exact) mass is 271 g/mol. The second-order valence-corrected chi connectivity index (χ2v) is 5.29. The Morgan fingerprint density at radius 3 is 2.72 bits per heavy atom. The van der Waals surface area contributed by atoms with Crippen LogP contribution in [0.5, 0.6) is 0 Å². The van der Waals surface area contributed by atoms with Crippen LogP contribution in [-0.4, -0.2) is 37.9 Å². The number of nitrogens with two attached hydrogens (primary N) is 1. The Kier molecular flexibility index (Phi) is 4.63. The fraction of sp³-hybridized carbons (Fsp3) is 0.300. The topological polar surface area (TPSA) is 136 Å². The van der Waals surface area contributed by atoms with E-state index >= 15 is 0 Å². The molecular formula is C10H13N3O4S. The standard InChI is InChI=1S/C10H13N3O4S/c11-4-7-3-8(12)1-2-10(7)18(16,17)13-5-9(15)6-14/h1-3,9,13-15H,5-6,12H2. The van der Waals surface area contributed by atoms with Crippen molar-refractivity contribution in [3.8, 4) is 6.07 Å². The number of nitrogens with zero attached hydrogens (tertiary/aromatic N) is 1. The molecule has 18 heavy (non-hydrogen) atoms. The number of hydrogen-bond acceptors (Lipinski definition) is 6. The van der Waals surface area contributed by atoms with E-state index in [2.05, 4.69) is 4.72 Å². The molecule has 0 aliphatic heterocycles. The summed E-state index contributed by atoms with van der Waals surface area (Å²) >= 11 is 0. The number of aliphatic hydroxyl groups is 2. The smallest absolute Gasteiger partial charge is 0.241 e. The average molecular weight is 271 g/mol. The van der Waals surface area contributed by atoms with Crippen LogP contribution in [0.2, 0.25) is 0 Å². The zero-order chi connectivity index (χ0) is 13.8. The Morgan fingerprint density at radius 1 is 1.50 bits per heavy atom. The van der Waals surface area contributed by atoms with Gasteiger partial charge in [0, 0.05) is 12.2 Å². The van der Waals surface area contributed by atoms with E-state index in [4.69, 9.17) is 21.2 Å². The Bertz CT molecular complexity index is 565. The number of benzene rings is 1. The summed E-state index contributed by atoms with van der Waals surface area (Å²) in [4.78, 5) is -0.218. The number of sulfonamides is 1. The summed E-state index contributed by atoms with van der Waals surface area (Å²) in [5.74, 6) is 0. The Labute approximate surface area is 105 Å². The second-order valence-electron chi connectivity index (χ2n) is 3.56. The number of anilines is 1. The third-order valence-corrected chi connectivity index (χ3v) is 3.62. The number of nitrogen functional groups attached to an aromatic ring is 1. The molecule has 0 aliphatic rings. The molecule has 0 saturated carbocycles. The maximum Gasteiger partial charge on any atom is 0.241 e. The molecule has 0 amide bonds. The highest BCUT2D eigenvalue weighted by molar-refractivity contribution is 7.89. The first kappa shape index (κ1) is 14.4. The van der Waals surface area contributed by atoms with E-state index in [9.17, 15) is 8.42 Å². The lowest BCUT2D eigenvalue weighted by atomic mass is 10.2. The molecule has 5 N–H and O–H groups in total. The minimum atomic E-state index is -3.92. The van der Waals surface area contributed by atoms with Crippen LogP contribution in [0, 0.1) is 11.3 Å². The van der Waals surface area contributed by atoms with Gasteiger partial charge in [0.1, 0.15) is 6.07 Å². The first-order valence-electron chi connectivity index (χ1n) is 4.99. The van der Waals surface area contributed by atoms with Gasteiger partial charge in [-0.2, -0.15) is 5.26 Å². The zero-order valence-corrected chi connectivity index (χ0v) is 10.2. The van der Waals surface area contributed by atoms with Crippen molar-refractivity contribution < 1.29 is 18.6 Å². The van der Waals surface area contributed by atoms with Gasteiger partial charge in [-0.15, -0.1) is 0 Å². The van der Waals surface area contributed by atoms with Gasteiger partial charge >= 0.3 is 0 Å². The summed E-state index contributed by atoms with van der Waals surface area (Å²) in [5, 5.41) is 26.5. The van der Waals surface area contributed by atoms with Crippen molar-refractivity contribution in [2.24, 2.45) is 0 Å². The largest absolute Gasteiger partial charge is 0.399 e. The minimum Gasteiger partial charge on any atom is -0.399 e. The van der Waals surface area contributed by atoms with Crippen molar-refractivity contribution in [1.82, 2.24) is 4.72 Å². The molecule has 1 aromatic rings. The lowest BCUT2D eigenvalue weighted by molar-refractivity contribution is 0.0988. The van der Waals surface area contributed by atoms with Crippen molar-refractivity contribution >= 4 is 15.7 Å². The predicted molar refractivity (Wildman–Crippen MR) is 63.9 cm³/mol. The fourth-order valence-corrected chi connectivity index (χ4v) is 2.43. The summed E-state index contributed by atoms with van der Waals surface area (Å²) in [7, 11) is -3.92. The van der Waals surface area contributed by atoms with E-state index in [0.717, 1.165) is 0 Å². The minimum absolute atomic E-state index is 0.0824. The highest BCUT2D eigenvalue weighted by Crippen LogP contribution is 2.17. The fourth-order valence-electron chi connectivity index (χ4n) is 1.22. The van der Waals surface area contributed by atoms with Crippen LogP contribution >= 0.6 is 0 Å². The lowest BCUT2D eigenvalue weighted by Crippen LogP contribution is -2.34. The van der Waals surface area contributed by atoms with Gasteiger partial charge < -0.3 is 15.9 Å². The van der Waals surface area contributed by atoms with Gasteiger partial charge in [-0.05, 0) is 18.2 Å². The summed E-state index contributed by atoms with van der Waals surface area (Å²) in [6.07, 6.45) is -1.20. The maximum absolute atomic E-state index is 11.8. The molecule has 7 nitrogen and oxygen atoms in total. The molecular weight excluding hydrogens is 258 g/mol. The Morgan fingerprint density at radius 2 is 2.17 bits per heavy atom. The van der Waals surface area contributed by atoms with E-state index in [-0.39, 0.29) is 22.7 Å². The number of aliphatic hydroxyl groups excluding tert-OH is 2. The zero-order valence-electron chi connectivity index (χ0n) is 9.37. The molecule has 1 rings (SSSR count). The summed E-state index contributed by atoms with van der Waals surface area (Å²) in [5.41, 5.74) is 5.65. The SMILES string of the molecule is N#Cc1cc(N)ccc1S(=O)(=O)NCC(O)CO. The molecule has 0 bridgehead atoms. The van der Waals surface area contributed by atoms with Crippen molar-refractivity contribution in [1.29, 1.82) is 5.26 Å². The molecule has 98 valence electrons. The first-order valence-corrected chi connectivity index (χ1v) is 6.47. The molecule has 0 heterocycles. The summed E-state index contributed by atoms with van der Waals surface area (Å²) in [6, 6.07) is 5.55. The Hall–Kier alpha value is -1.66. The molecule has 8 heteroatoms. The molecule has 1 aromatic carbocycles. The maximum atomic E-state index is 11.8. The molecule has 0 aromatic heterocycles. The third kappa shape index (κ3) is 3.41. The summed E-state index contributed by atoms with van der Waals surface area (Å²) in [6.45, 7) is -0.899. The van der Waals surface area contributed by atoms with Gasteiger partial charge in [-0.3, -0.25) is 0 Å². The lowest BCUT2D eigenvalue weighted by Gasteiger charge is -2.11. The van der Waals surface area contributed by atoms with Crippen LogP contribution in [0.4, 0.5) is 5.69 Å². The van der Waals surface area contributed by atoms with Crippen molar-refractivity contribution in [3.63, 3.8) is 0 Å². The molecule has 1 unspecified atom stereocenters. The van der Waals surface area contributed by atoms with Gasteiger partial charge in [0.25, 0.3) is 0 Å². The van der Waals surface area contributed by atoms with E-state index in [1.54, 1.807) is 6.07 Å². The van der Waals surface area contributed by atoms with Gasteiger partial charge in [0.05, 0.1) is 23.2 Å². The predicted octanol–water partition coefficient (Wildman–Crippen LogP) is -1.23. The van der Waals surface area contributed by atoms with Crippen molar-refractivity contribution in [2.75, 3.05) is 18.9 Å². The van der Waals surface area contributed by atoms with E-state index in [1.165, 1.54) is 18.2 Å². The van der Waals surface area contributed by atoms with Crippen LogP contribution in [0.1, 0.15) is 5.56 Å². The van der Waals surface area contributed by atoms with Gasteiger partial charge in [0.2, 0.25) is 10.0 Å². The van der Waals surface area contributed by atoms with E-state index < -0.39 is 22.7 Å². The van der Waals surface area contributed by atoms with Gasteiger partial charge in [0.15, 0.2) is 0 Å². The van der Waals surface area contributed by atoms with E-state index in [0.29, 0.717) is 0 Å². The van der Waals surface area contributed by atoms with Crippen molar-refractivity contribution in [3.05, 3.63) is 23.8 Å². The van der Waals surface area contributed by atoms with Crippen molar-refractivity contribution in [2.45, 2.75) is 11.0 Å². The molecule has 1 atom stereocenters. The van der Waals surface area contributed by atoms with Crippen LogP contribution in [0.3, 0.4) is 0 Å². The Balaban J connectivity index is 3.03. The number of hydrogen-bond donors (Lipinski definition) is 4. The quantitative estimate of drug-likeness (QED) is 0.495. The van der Waals surface area contributed by atoms with Gasteiger partial charge in [-0.25, -0.2) is 13.1 Å². The number of rotatable bonds is 5. The van der Waals surface area contributed by atoms with Crippen LogP contribution in [-0.2, 0) is 10.0 Å². The molecule has 0 fully saturated rings. The molecule has 0 saturated heterocycles.